The minimum absolute atomic E-state index is 0.537. The van der Waals surface area contributed by atoms with Gasteiger partial charge in [0, 0.05) is 0 Å². The average molecular weight is 95.1 g/mol. The van der Waals surface area contributed by atoms with E-state index in [0.29, 0.717) is 5.69 Å². The number of aromatic nitrogens is 4. The molecule has 0 aliphatic heterocycles. The second-order valence-electron chi connectivity index (χ2n) is 1.01. The van der Waals surface area contributed by atoms with E-state index in [1.807, 2.05) is 0 Å². The molecule has 0 aliphatic rings. The Labute approximate surface area is 40.6 Å². The summed E-state index contributed by atoms with van der Waals surface area (Å²) in [5.74, 6) is 0. The molecule has 1 rings (SSSR count). The van der Waals surface area contributed by atoms with Gasteiger partial charge in [-0.15, -0.1) is 10.2 Å². The third-order valence-electron chi connectivity index (χ3n) is 0.472. The highest BCUT2D eigenvalue weighted by Gasteiger charge is 1.77. The SMILES string of the molecule is [CH2]c1cnnnn1. The van der Waals surface area contributed by atoms with Crippen molar-refractivity contribution in [3.63, 3.8) is 0 Å². The molecule has 1 radical (unpaired) electrons. The van der Waals surface area contributed by atoms with E-state index in [1.54, 1.807) is 0 Å². The van der Waals surface area contributed by atoms with E-state index in [4.69, 9.17) is 0 Å². The number of nitrogens with zero attached hydrogens (tertiary/aromatic N) is 4. The summed E-state index contributed by atoms with van der Waals surface area (Å²) >= 11 is 0. The van der Waals surface area contributed by atoms with Crippen LogP contribution in [-0.4, -0.2) is 20.6 Å². The molecular weight excluding hydrogens is 92.1 g/mol. The monoisotopic (exact) mass is 95.0 g/mol. The van der Waals surface area contributed by atoms with Gasteiger partial charge in [-0.25, -0.2) is 0 Å². The largest absolute Gasteiger partial charge is 0.135 e. The first kappa shape index (κ1) is 4.11. The molecule has 4 nitrogen and oxygen atoms in total. The summed E-state index contributed by atoms with van der Waals surface area (Å²) in [5.41, 5.74) is 0.537. The fourth-order valence-corrected chi connectivity index (χ4v) is 0.219. The lowest BCUT2D eigenvalue weighted by Gasteiger charge is -1.77. The van der Waals surface area contributed by atoms with E-state index in [-0.39, 0.29) is 0 Å². The van der Waals surface area contributed by atoms with Gasteiger partial charge in [0.15, 0.2) is 0 Å². The predicted octanol–water partition coefficient (Wildman–Crippen LogP) is -0.551. The highest BCUT2D eigenvalue weighted by Crippen LogP contribution is 1.75. The van der Waals surface area contributed by atoms with Crippen LogP contribution in [-0.2, 0) is 0 Å². The third-order valence-corrected chi connectivity index (χ3v) is 0.472. The van der Waals surface area contributed by atoms with Crippen molar-refractivity contribution in [1.29, 1.82) is 0 Å². The Morgan fingerprint density at radius 3 is 2.57 bits per heavy atom. The summed E-state index contributed by atoms with van der Waals surface area (Å²) in [6.45, 7) is 3.44. The van der Waals surface area contributed by atoms with Crippen LogP contribution in [0.5, 0.6) is 0 Å². The van der Waals surface area contributed by atoms with Gasteiger partial charge in [0.2, 0.25) is 0 Å². The van der Waals surface area contributed by atoms with Gasteiger partial charge in [0.25, 0.3) is 0 Å². The summed E-state index contributed by atoms with van der Waals surface area (Å²) in [6.07, 6.45) is 1.44. The average Bonchev–Trinajstić information content (AvgIpc) is 1.69. The van der Waals surface area contributed by atoms with E-state index in [1.165, 1.54) is 6.20 Å². The third kappa shape index (κ3) is 0.887. The van der Waals surface area contributed by atoms with E-state index >= 15 is 0 Å². The van der Waals surface area contributed by atoms with E-state index in [2.05, 4.69) is 27.5 Å². The molecule has 0 saturated carbocycles. The number of rotatable bonds is 0. The molecule has 0 bridgehead atoms. The smallest absolute Gasteiger partial charge is 0.0854 e. The van der Waals surface area contributed by atoms with Crippen molar-refractivity contribution in [2.45, 2.75) is 0 Å². The van der Waals surface area contributed by atoms with E-state index in [9.17, 15) is 0 Å². The topological polar surface area (TPSA) is 51.6 Å². The van der Waals surface area contributed by atoms with Crippen LogP contribution in [0.2, 0.25) is 0 Å². The minimum Gasteiger partial charge on any atom is -0.135 e. The summed E-state index contributed by atoms with van der Waals surface area (Å²) in [7, 11) is 0. The quantitative estimate of drug-likeness (QED) is 0.433. The lowest BCUT2D eigenvalue weighted by Crippen LogP contribution is -1.90. The lowest BCUT2D eigenvalue weighted by molar-refractivity contribution is 0.751. The maximum atomic E-state index is 3.44. The van der Waals surface area contributed by atoms with Gasteiger partial charge in [-0.05, 0) is 17.4 Å². The first-order valence-corrected chi connectivity index (χ1v) is 1.72. The first-order chi connectivity index (χ1) is 3.39. The Balaban J connectivity index is 3.02. The van der Waals surface area contributed by atoms with Crippen molar-refractivity contribution in [2.24, 2.45) is 0 Å². The molecule has 0 amide bonds. The summed E-state index contributed by atoms with van der Waals surface area (Å²) in [5, 5.41) is 13.2. The second kappa shape index (κ2) is 1.59. The Bertz CT molecular complexity index is 137. The fraction of sp³-hybridized carbons (Fsp3) is 0. The molecular formula is C3H3N4. The molecule has 0 N–H and O–H groups in total. The molecule has 0 fully saturated rings. The minimum atomic E-state index is 0.537. The Kier molecular flexibility index (Phi) is 0.934. The van der Waals surface area contributed by atoms with Gasteiger partial charge in [0.1, 0.15) is 0 Å². The fourth-order valence-electron chi connectivity index (χ4n) is 0.219. The van der Waals surface area contributed by atoms with Gasteiger partial charge in [0.05, 0.1) is 11.9 Å². The summed E-state index contributed by atoms with van der Waals surface area (Å²) in [6, 6.07) is 0. The maximum absolute atomic E-state index is 3.44. The Morgan fingerprint density at radius 2 is 2.29 bits per heavy atom. The van der Waals surface area contributed by atoms with E-state index < -0.39 is 0 Å². The highest BCUT2D eigenvalue weighted by atomic mass is 15.4. The zero-order chi connectivity index (χ0) is 5.11. The zero-order valence-corrected chi connectivity index (χ0v) is 3.57. The van der Waals surface area contributed by atoms with Gasteiger partial charge < -0.3 is 0 Å². The van der Waals surface area contributed by atoms with Crippen molar-refractivity contribution in [2.75, 3.05) is 0 Å². The summed E-state index contributed by atoms with van der Waals surface area (Å²) in [4.78, 5) is 0. The van der Waals surface area contributed by atoms with Crippen molar-refractivity contribution in [3.05, 3.63) is 18.8 Å². The van der Waals surface area contributed by atoms with Crippen LogP contribution in [0.4, 0.5) is 0 Å². The second-order valence-corrected chi connectivity index (χ2v) is 1.01. The van der Waals surface area contributed by atoms with Crippen LogP contribution in [0, 0.1) is 6.92 Å². The van der Waals surface area contributed by atoms with Crippen molar-refractivity contribution >= 4 is 0 Å². The lowest BCUT2D eigenvalue weighted by atomic mass is 10.6. The van der Waals surface area contributed by atoms with Crippen LogP contribution >= 0.6 is 0 Å². The molecule has 0 aromatic carbocycles. The van der Waals surface area contributed by atoms with Crippen LogP contribution in [0.15, 0.2) is 6.20 Å². The standard InChI is InChI=1S/C3H3N4/c1-3-2-4-6-7-5-3/h2H,1H2. The molecule has 1 aromatic rings. The highest BCUT2D eigenvalue weighted by molar-refractivity contribution is 4.91. The number of hydrogen-bond donors (Lipinski definition) is 0. The van der Waals surface area contributed by atoms with Crippen LogP contribution in [0.3, 0.4) is 0 Å². The zero-order valence-electron chi connectivity index (χ0n) is 3.57. The Morgan fingerprint density at radius 1 is 1.43 bits per heavy atom. The maximum Gasteiger partial charge on any atom is 0.0854 e. The molecule has 1 aromatic heterocycles. The van der Waals surface area contributed by atoms with Crippen LogP contribution in [0.25, 0.3) is 0 Å². The molecule has 1 heterocycles. The van der Waals surface area contributed by atoms with Gasteiger partial charge >= 0.3 is 0 Å². The van der Waals surface area contributed by atoms with Gasteiger partial charge in [-0.3, -0.25) is 0 Å². The molecule has 0 aliphatic carbocycles. The van der Waals surface area contributed by atoms with Crippen molar-refractivity contribution in [1.82, 2.24) is 20.6 Å². The van der Waals surface area contributed by atoms with Gasteiger partial charge in [-0.1, -0.05) is 0 Å². The number of hydrogen-bond acceptors (Lipinski definition) is 4. The molecule has 35 valence electrons. The molecule has 4 heteroatoms. The van der Waals surface area contributed by atoms with Gasteiger partial charge in [-0.2, -0.15) is 0 Å². The molecule has 0 unspecified atom stereocenters. The first-order valence-electron chi connectivity index (χ1n) is 1.72. The molecule has 0 atom stereocenters. The molecule has 0 saturated heterocycles. The van der Waals surface area contributed by atoms with Crippen molar-refractivity contribution in [3.8, 4) is 0 Å². The van der Waals surface area contributed by atoms with Crippen LogP contribution < -0.4 is 0 Å². The van der Waals surface area contributed by atoms with Crippen LogP contribution in [0.1, 0.15) is 5.69 Å². The predicted molar refractivity (Wildman–Crippen MR) is 22.1 cm³/mol. The van der Waals surface area contributed by atoms with Crippen molar-refractivity contribution < 1.29 is 0 Å². The van der Waals surface area contributed by atoms with E-state index in [0.717, 1.165) is 0 Å². The normalized spacial score (nSPS) is 8.71. The Hall–Kier alpha value is -1.06. The summed E-state index contributed by atoms with van der Waals surface area (Å²) < 4.78 is 0. The molecule has 7 heavy (non-hydrogen) atoms. The molecule has 0 spiro atoms.